The summed E-state index contributed by atoms with van der Waals surface area (Å²) in [6.45, 7) is 4.51. The van der Waals surface area contributed by atoms with Crippen LogP contribution in [0, 0.1) is 6.92 Å². The minimum absolute atomic E-state index is 0.141. The molecular weight excluding hydrogens is 448 g/mol. The highest BCUT2D eigenvalue weighted by Crippen LogP contribution is 2.32. The van der Waals surface area contributed by atoms with Crippen molar-refractivity contribution in [2.45, 2.75) is 20.3 Å². The fourth-order valence-corrected chi connectivity index (χ4v) is 3.67. The van der Waals surface area contributed by atoms with E-state index < -0.39 is 5.97 Å². The number of ether oxygens (including phenoxy) is 3. The number of allylic oxidation sites excluding steroid dienone is 1. The second kappa shape index (κ2) is 12.0. The van der Waals surface area contributed by atoms with Crippen LogP contribution in [0.3, 0.4) is 0 Å². The van der Waals surface area contributed by atoms with Gasteiger partial charge in [-0.05, 0) is 56.2 Å². The quantitative estimate of drug-likeness (QED) is 0.318. The lowest BCUT2D eigenvalue weighted by atomic mass is 10.0. The third-order valence-corrected chi connectivity index (χ3v) is 5.53. The van der Waals surface area contributed by atoms with Crippen molar-refractivity contribution in [3.63, 3.8) is 0 Å². The van der Waals surface area contributed by atoms with Gasteiger partial charge in [-0.25, -0.2) is 4.79 Å². The summed E-state index contributed by atoms with van der Waals surface area (Å²) >= 11 is 0. The molecule has 1 aliphatic heterocycles. The molecule has 2 aromatic rings. The van der Waals surface area contributed by atoms with Gasteiger partial charge in [0.2, 0.25) is 0 Å². The molecule has 8 nitrogen and oxygen atoms in total. The number of esters is 1. The molecule has 0 bridgehead atoms. The Morgan fingerprint density at radius 3 is 2.31 bits per heavy atom. The predicted molar refractivity (Wildman–Crippen MR) is 133 cm³/mol. The highest BCUT2D eigenvalue weighted by atomic mass is 16.5. The first-order valence-electron chi connectivity index (χ1n) is 11.3. The third kappa shape index (κ3) is 6.58. The number of carbonyl (C=O) groups excluding carboxylic acids is 3. The summed E-state index contributed by atoms with van der Waals surface area (Å²) in [6, 6.07) is 14.4. The Labute approximate surface area is 205 Å². The highest BCUT2D eigenvalue weighted by Gasteiger charge is 2.36. The zero-order chi connectivity index (χ0) is 25.4. The molecule has 1 N–H and O–H groups in total. The first kappa shape index (κ1) is 25.7. The second-order valence-electron chi connectivity index (χ2n) is 8.09. The van der Waals surface area contributed by atoms with Gasteiger partial charge in [0, 0.05) is 31.6 Å². The van der Waals surface area contributed by atoms with Crippen LogP contribution in [0.1, 0.15) is 24.5 Å². The summed E-state index contributed by atoms with van der Waals surface area (Å²) in [6.07, 6.45) is 2.30. The Hall–Kier alpha value is -3.91. The lowest BCUT2D eigenvalue weighted by molar-refractivity contribution is -0.136. The van der Waals surface area contributed by atoms with Gasteiger partial charge in [0.1, 0.15) is 5.75 Å². The summed E-state index contributed by atoms with van der Waals surface area (Å²) in [5.74, 6) is -0.582. The van der Waals surface area contributed by atoms with Gasteiger partial charge in [0.25, 0.3) is 11.8 Å². The number of carbonyl (C=O) groups is 3. The molecule has 8 heteroatoms. The molecule has 35 heavy (non-hydrogen) atoms. The maximum absolute atomic E-state index is 13.1. The smallest absolute Gasteiger partial charge is 0.340 e. The minimum Gasteiger partial charge on any atom is -0.484 e. The van der Waals surface area contributed by atoms with Crippen LogP contribution in [-0.4, -0.2) is 56.7 Å². The zero-order valence-electron chi connectivity index (χ0n) is 20.4. The van der Waals surface area contributed by atoms with Crippen LogP contribution in [0.4, 0.5) is 5.69 Å². The van der Waals surface area contributed by atoms with Gasteiger partial charge < -0.3 is 24.4 Å². The maximum Gasteiger partial charge on any atom is 0.340 e. The van der Waals surface area contributed by atoms with Crippen LogP contribution in [-0.2, 0) is 23.9 Å². The Bertz CT molecular complexity index is 1130. The van der Waals surface area contributed by atoms with Crippen LogP contribution in [0.25, 0.3) is 6.08 Å². The summed E-state index contributed by atoms with van der Waals surface area (Å²) in [4.78, 5) is 39.2. The lowest BCUT2D eigenvalue weighted by Crippen LogP contribution is -2.26. The van der Waals surface area contributed by atoms with Gasteiger partial charge >= 0.3 is 5.97 Å². The van der Waals surface area contributed by atoms with E-state index in [0.29, 0.717) is 42.3 Å². The summed E-state index contributed by atoms with van der Waals surface area (Å²) in [7, 11) is 2.89. The Balaban J connectivity index is 1.68. The molecule has 0 saturated heterocycles. The van der Waals surface area contributed by atoms with E-state index in [2.05, 4.69) is 5.32 Å². The van der Waals surface area contributed by atoms with Crippen molar-refractivity contribution >= 4 is 29.5 Å². The SMILES string of the molecule is COCCCN1C(=O)/C(=C/c2ccc(OCC(=O)Nc3ccc(C)cc3)cc2)C(C(=O)OC)=C1C. The van der Waals surface area contributed by atoms with Crippen LogP contribution in [0.2, 0.25) is 0 Å². The molecular formula is C27H30N2O6. The number of rotatable bonds is 10. The number of anilines is 1. The Morgan fingerprint density at radius 2 is 1.69 bits per heavy atom. The van der Waals surface area contributed by atoms with E-state index >= 15 is 0 Å². The van der Waals surface area contributed by atoms with Gasteiger partial charge in [-0.3, -0.25) is 9.59 Å². The van der Waals surface area contributed by atoms with Crippen LogP contribution in [0.5, 0.6) is 5.75 Å². The predicted octanol–water partition coefficient (Wildman–Crippen LogP) is 3.72. The molecule has 0 unspecified atom stereocenters. The van der Waals surface area contributed by atoms with Crippen molar-refractivity contribution in [2.24, 2.45) is 0 Å². The number of methoxy groups -OCH3 is 2. The van der Waals surface area contributed by atoms with Crippen molar-refractivity contribution in [1.82, 2.24) is 4.90 Å². The van der Waals surface area contributed by atoms with Crippen molar-refractivity contribution in [3.05, 3.63) is 76.5 Å². The van der Waals surface area contributed by atoms with Gasteiger partial charge in [-0.2, -0.15) is 0 Å². The number of hydrogen-bond donors (Lipinski definition) is 1. The van der Waals surface area contributed by atoms with Crippen LogP contribution < -0.4 is 10.1 Å². The Kier molecular flexibility index (Phi) is 8.80. The molecule has 0 atom stereocenters. The van der Waals surface area contributed by atoms with E-state index in [9.17, 15) is 14.4 Å². The van der Waals surface area contributed by atoms with E-state index in [1.807, 2.05) is 31.2 Å². The largest absolute Gasteiger partial charge is 0.484 e. The number of nitrogens with one attached hydrogen (secondary N) is 1. The average Bonchev–Trinajstić information content (AvgIpc) is 3.08. The van der Waals surface area contributed by atoms with Crippen molar-refractivity contribution < 1.29 is 28.6 Å². The summed E-state index contributed by atoms with van der Waals surface area (Å²) in [5.41, 5.74) is 3.60. The average molecular weight is 479 g/mol. The van der Waals surface area contributed by atoms with E-state index in [4.69, 9.17) is 14.2 Å². The molecule has 2 aromatic carbocycles. The molecule has 0 fully saturated rings. The van der Waals surface area contributed by atoms with E-state index in [0.717, 1.165) is 5.56 Å². The van der Waals surface area contributed by atoms with E-state index in [1.165, 1.54) is 7.11 Å². The molecule has 2 amide bonds. The van der Waals surface area contributed by atoms with Crippen molar-refractivity contribution in [1.29, 1.82) is 0 Å². The molecule has 184 valence electrons. The normalized spacial score (nSPS) is 14.5. The monoisotopic (exact) mass is 478 g/mol. The molecule has 1 aliphatic rings. The lowest BCUT2D eigenvalue weighted by Gasteiger charge is -2.17. The highest BCUT2D eigenvalue weighted by molar-refractivity contribution is 6.16. The maximum atomic E-state index is 13.1. The number of aryl methyl sites for hydroxylation is 1. The molecule has 3 rings (SSSR count). The number of benzene rings is 2. The van der Waals surface area contributed by atoms with Crippen LogP contribution >= 0.6 is 0 Å². The fourth-order valence-electron chi connectivity index (χ4n) is 3.67. The first-order valence-corrected chi connectivity index (χ1v) is 11.3. The molecule has 0 spiro atoms. The van der Waals surface area contributed by atoms with E-state index in [-0.39, 0.29) is 29.6 Å². The Morgan fingerprint density at radius 1 is 1.00 bits per heavy atom. The summed E-state index contributed by atoms with van der Waals surface area (Å²) in [5, 5.41) is 2.78. The standard InChI is InChI=1S/C27H30N2O6/c1-18-6-10-21(11-7-18)28-24(30)17-35-22-12-8-20(9-13-22)16-23-25(27(32)34-4)19(2)29(26(23)31)14-5-15-33-3/h6-13,16H,5,14-15,17H2,1-4H3,(H,28,30)/b23-16+. The molecule has 0 aromatic heterocycles. The first-order chi connectivity index (χ1) is 16.8. The van der Waals surface area contributed by atoms with Gasteiger partial charge in [-0.15, -0.1) is 0 Å². The van der Waals surface area contributed by atoms with Crippen molar-refractivity contribution in [3.8, 4) is 5.75 Å². The molecule has 1 heterocycles. The summed E-state index contributed by atoms with van der Waals surface area (Å²) < 4.78 is 15.6. The van der Waals surface area contributed by atoms with Gasteiger partial charge in [0.05, 0.1) is 18.3 Å². The zero-order valence-corrected chi connectivity index (χ0v) is 20.4. The topological polar surface area (TPSA) is 94.2 Å². The minimum atomic E-state index is -0.559. The second-order valence-corrected chi connectivity index (χ2v) is 8.09. The fraction of sp³-hybridized carbons (Fsp3) is 0.296. The van der Waals surface area contributed by atoms with Gasteiger partial charge in [0.15, 0.2) is 6.61 Å². The molecule has 0 radical (unpaired) electrons. The number of amides is 2. The third-order valence-electron chi connectivity index (χ3n) is 5.53. The number of nitrogens with zero attached hydrogens (tertiary/aromatic N) is 1. The van der Waals surface area contributed by atoms with Gasteiger partial charge in [-0.1, -0.05) is 29.8 Å². The van der Waals surface area contributed by atoms with Crippen molar-refractivity contribution in [2.75, 3.05) is 39.3 Å². The molecule has 0 saturated carbocycles. The van der Waals surface area contributed by atoms with E-state index in [1.54, 1.807) is 49.3 Å². The van der Waals surface area contributed by atoms with Crippen LogP contribution in [0.15, 0.2) is 65.4 Å². The number of hydrogen-bond acceptors (Lipinski definition) is 6. The molecule has 0 aliphatic carbocycles.